The third-order valence-electron chi connectivity index (χ3n) is 4.08. The molecule has 3 rings (SSSR count). The summed E-state index contributed by atoms with van der Waals surface area (Å²) in [5, 5.41) is 19.1. The first-order valence-corrected chi connectivity index (χ1v) is 7.66. The summed E-state index contributed by atoms with van der Waals surface area (Å²) in [6.45, 7) is 0.434. The van der Waals surface area contributed by atoms with E-state index in [9.17, 15) is 14.3 Å². The van der Waals surface area contributed by atoms with Gasteiger partial charge in [0.2, 0.25) is 0 Å². The van der Waals surface area contributed by atoms with Gasteiger partial charge in [0.25, 0.3) is 0 Å². The van der Waals surface area contributed by atoms with Crippen molar-refractivity contribution in [1.82, 2.24) is 20.4 Å². The molecule has 0 spiro atoms. The van der Waals surface area contributed by atoms with E-state index < -0.39 is 11.8 Å². The SMILES string of the molecule is Cn1nccc1[C@H]1OCC[C@@H]1NC(=O)NCc1c(O)cccc1F. The molecule has 2 aromatic rings. The Balaban J connectivity index is 1.59. The highest BCUT2D eigenvalue weighted by molar-refractivity contribution is 5.74. The Hall–Kier alpha value is -2.61. The molecule has 24 heavy (non-hydrogen) atoms. The number of rotatable bonds is 4. The Morgan fingerprint density at radius 3 is 3.04 bits per heavy atom. The Morgan fingerprint density at radius 2 is 2.33 bits per heavy atom. The summed E-state index contributed by atoms with van der Waals surface area (Å²) in [5.74, 6) is -0.750. The zero-order valence-corrected chi connectivity index (χ0v) is 13.2. The van der Waals surface area contributed by atoms with Gasteiger partial charge in [-0.1, -0.05) is 6.07 Å². The van der Waals surface area contributed by atoms with E-state index in [-0.39, 0.29) is 30.0 Å². The van der Waals surface area contributed by atoms with Gasteiger partial charge in [0.15, 0.2) is 0 Å². The third kappa shape index (κ3) is 3.33. The number of aromatic nitrogens is 2. The highest BCUT2D eigenvalue weighted by Crippen LogP contribution is 2.28. The van der Waals surface area contributed by atoms with Crippen molar-refractivity contribution < 1.29 is 19.0 Å². The van der Waals surface area contributed by atoms with Crippen LogP contribution in [0.1, 0.15) is 23.8 Å². The van der Waals surface area contributed by atoms with E-state index in [4.69, 9.17) is 4.74 Å². The van der Waals surface area contributed by atoms with Crippen LogP contribution in [0.3, 0.4) is 0 Å². The molecule has 0 unspecified atom stereocenters. The van der Waals surface area contributed by atoms with Crippen molar-refractivity contribution in [3.63, 3.8) is 0 Å². The van der Waals surface area contributed by atoms with Gasteiger partial charge in [0.1, 0.15) is 17.7 Å². The van der Waals surface area contributed by atoms with E-state index in [0.29, 0.717) is 13.0 Å². The highest BCUT2D eigenvalue weighted by Gasteiger charge is 2.32. The fraction of sp³-hybridized carbons (Fsp3) is 0.375. The number of hydrogen-bond donors (Lipinski definition) is 3. The topological polar surface area (TPSA) is 88.4 Å². The number of aryl methyl sites for hydroxylation is 1. The average molecular weight is 334 g/mol. The summed E-state index contributed by atoms with van der Waals surface area (Å²) in [7, 11) is 1.81. The molecular weight excluding hydrogens is 315 g/mol. The molecule has 0 radical (unpaired) electrons. The number of hydrogen-bond acceptors (Lipinski definition) is 4. The fourth-order valence-electron chi connectivity index (χ4n) is 2.80. The molecule has 0 aliphatic carbocycles. The zero-order chi connectivity index (χ0) is 17.1. The lowest BCUT2D eigenvalue weighted by Gasteiger charge is -2.20. The number of halogens is 1. The van der Waals surface area contributed by atoms with Gasteiger partial charge in [0, 0.05) is 25.4 Å². The second-order valence-electron chi connectivity index (χ2n) is 5.63. The number of aromatic hydroxyl groups is 1. The molecule has 1 fully saturated rings. The normalized spacial score (nSPS) is 20.1. The van der Waals surface area contributed by atoms with Crippen molar-refractivity contribution in [1.29, 1.82) is 0 Å². The van der Waals surface area contributed by atoms with Crippen molar-refractivity contribution in [3.8, 4) is 5.75 Å². The van der Waals surface area contributed by atoms with Crippen molar-refractivity contribution in [3.05, 3.63) is 47.5 Å². The van der Waals surface area contributed by atoms with Crippen LogP contribution in [0.15, 0.2) is 30.5 Å². The third-order valence-corrected chi connectivity index (χ3v) is 4.08. The number of urea groups is 1. The van der Waals surface area contributed by atoms with Crippen molar-refractivity contribution >= 4 is 6.03 Å². The molecule has 0 bridgehead atoms. The summed E-state index contributed by atoms with van der Waals surface area (Å²) >= 11 is 0. The smallest absolute Gasteiger partial charge is 0.315 e. The van der Waals surface area contributed by atoms with Gasteiger partial charge in [-0.05, 0) is 24.6 Å². The Bertz CT molecular complexity index is 714. The summed E-state index contributed by atoms with van der Waals surface area (Å²) < 4.78 is 21.0. The standard InChI is InChI=1S/C16H19FN4O3/c1-21-13(5-7-19-21)15-12(6-8-24-15)20-16(23)18-9-10-11(17)3-2-4-14(10)22/h2-5,7,12,15,22H,6,8-9H2,1H3,(H2,18,20,23)/t12-,15-/m0/s1. The van der Waals surface area contributed by atoms with Gasteiger partial charge in [-0.25, -0.2) is 9.18 Å². The van der Waals surface area contributed by atoms with Crippen LogP contribution in [0.25, 0.3) is 0 Å². The van der Waals surface area contributed by atoms with Crippen LogP contribution in [-0.4, -0.2) is 33.6 Å². The molecule has 1 aromatic heterocycles. The van der Waals surface area contributed by atoms with E-state index in [0.717, 1.165) is 5.69 Å². The molecule has 1 aromatic carbocycles. The molecule has 3 N–H and O–H groups in total. The summed E-state index contributed by atoms with van der Waals surface area (Å²) in [6, 6.07) is 5.22. The molecule has 128 valence electrons. The van der Waals surface area contributed by atoms with Gasteiger partial charge in [-0.2, -0.15) is 5.10 Å². The summed E-state index contributed by atoms with van der Waals surface area (Å²) in [5.41, 5.74) is 0.933. The van der Waals surface area contributed by atoms with E-state index in [1.807, 2.05) is 13.1 Å². The summed E-state index contributed by atoms with van der Waals surface area (Å²) in [4.78, 5) is 12.1. The van der Waals surface area contributed by atoms with E-state index in [1.165, 1.54) is 18.2 Å². The summed E-state index contributed by atoms with van der Waals surface area (Å²) in [6.07, 6.45) is 2.08. The Kier molecular flexibility index (Phi) is 4.66. The minimum absolute atomic E-state index is 0.0542. The monoisotopic (exact) mass is 334 g/mol. The maximum absolute atomic E-state index is 13.6. The molecule has 1 saturated heterocycles. The number of benzene rings is 1. The second-order valence-corrected chi connectivity index (χ2v) is 5.63. The molecule has 2 heterocycles. The lowest BCUT2D eigenvalue weighted by molar-refractivity contribution is 0.0934. The quantitative estimate of drug-likeness (QED) is 0.792. The predicted octanol–water partition coefficient (Wildman–Crippen LogP) is 1.59. The second kappa shape index (κ2) is 6.88. The van der Waals surface area contributed by atoms with Gasteiger partial charge in [0.05, 0.1) is 18.3 Å². The zero-order valence-electron chi connectivity index (χ0n) is 13.2. The number of carbonyl (C=O) groups excluding carboxylic acids is 1. The van der Waals surface area contributed by atoms with Gasteiger partial charge in [-0.3, -0.25) is 4.68 Å². The van der Waals surface area contributed by atoms with E-state index >= 15 is 0 Å². The van der Waals surface area contributed by atoms with Crippen LogP contribution in [0.2, 0.25) is 0 Å². The van der Waals surface area contributed by atoms with Crippen LogP contribution in [0, 0.1) is 5.82 Å². The molecule has 0 saturated carbocycles. The van der Waals surface area contributed by atoms with Crippen LogP contribution in [0.5, 0.6) is 5.75 Å². The van der Waals surface area contributed by atoms with Gasteiger partial charge >= 0.3 is 6.03 Å². The van der Waals surface area contributed by atoms with Crippen LogP contribution in [0.4, 0.5) is 9.18 Å². The predicted molar refractivity (Wildman–Crippen MR) is 83.7 cm³/mol. The minimum atomic E-state index is -0.563. The van der Waals surface area contributed by atoms with Crippen LogP contribution < -0.4 is 10.6 Å². The van der Waals surface area contributed by atoms with Gasteiger partial charge in [-0.15, -0.1) is 0 Å². The molecule has 1 aliphatic heterocycles. The molecule has 7 nitrogen and oxygen atoms in total. The molecular formula is C16H19FN4O3. The first-order chi connectivity index (χ1) is 11.6. The highest BCUT2D eigenvalue weighted by atomic mass is 19.1. The maximum Gasteiger partial charge on any atom is 0.315 e. The molecule has 1 aliphatic rings. The number of amides is 2. The largest absolute Gasteiger partial charge is 0.507 e. The number of nitrogens with one attached hydrogen (secondary N) is 2. The lowest BCUT2D eigenvalue weighted by Crippen LogP contribution is -2.43. The van der Waals surface area contributed by atoms with Crippen molar-refractivity contribution in [2.24, 2.45) is 7.05 Å². The van der Waals surface area contributed by atoms with Crippen molar-refractivity contribution in [2.45, 2.75) is 25.1 Å². The molecule has 2 amide bonds. The maximum atomic E-state index is 13.6. The first-order valence-electron chi connectivity index (χ1n) is 7.66. The number of nitrogens with zero attached hydrogens (tertiary/aromatic N) is 2. The average Bonchev–Trinajstić information content (AvgIpc) is 3.15. The first kappa shape index (κ1) is 16.3. The van der Waals surface area contributed by atoms with Crippen LogP contribution >= 0.6 is 0 Å². The minimum Gasteiger partial charge on any atom is -0.507 e. The molecule has 8 heteroatoms. The number of phenolic OH excluding ortho intramolecular Hbond substituents is 1. The van der Waals surface area contributed by atoms with Crippen LogP contribution in [-0.2, 0) is 18.3 Å². The lowest BCUT2D eigenvalue weighted by atomic mass is 10.1. The van der Waals surface area contributed by atoms with E-state index in [1.54, 1.807) is 10.9 Å². The van der Waals surface area contributed by atoms with E-state index in [2.05, 4.69) is 15.7 Å². The number of phenols is 1. The number of carbonyl (C=O) groups is 1. The molecule has 2 atom stereocenters. The Morgan fingerprint density at radius 1 is 1.50 bits per heavy atom. The number of ether oxygens (including phenoxy) is 1. The van der Waals surface area contributed by atoms with Gasteiger partial charge < -0.3 is 20.5 Å². The fourth-order valence-corrected chi connectivity index (χ4v) is 2.80. The van der Waals surface area contributed by atoms with Crippen molar-refractivity contribution in [2.75, 3.05) is 6.61 Å². The Labute approximate surface area is 138 Å².